The van der Waals surface area contributed by atoms with Crippen LogP contribution in [0.5, 0.6) is 5.75 Å². The molecule has 3 atom stereocenters. The summed E-state index contributed by atoms with van der Waals surface area (Å²) in [6.45, 7) is 4.72. The second kappa shape index (κ2) is 8.39. The van der Waals surface area contributed by atoms with E-state index in [1.807, 2.05) is 6.92 Å². The minimum Gasteiger partial charge on any atom is -0.406 e. The highest BCUT2D eigenvalue weighted by molar-refractivity contribution is 5.83. The number of aliphatic hydroxyl groups excluding tert-OH is 1. The van der Waals surface area contributed by atoms with Crippen LogP contribution in [-0.4, -0.2) is 36.4 Å². The van der Waals surface area contributed by atoms with Crippen molar-refractivity contribution in [3.8, 4) is 5.75 Å². The molecule has 0 aromatic heterocycles. The fourth-order valence-electron chi connectivity index (χ4n) is 3.63. The summed E-state index contributed by atoms with van der Waals surface area (Å²) in [4.78, 5) is 12.2. The first-order valence-electron chi connectivity index (χ1n) is 8.87. The zero-order valence-electron chi connectivity index (χ0n) is 15.1. The number of Topliss-reactive ketones (excluding diaryl/α,β-unsaturated/α-hetero) is 1. The van der Waals surface area contributed by atoms with Gasteiger partial charge in [-0.15, -0.1) is 13.2 Å². The molecule has 1 aromatic rings. The maximum atomic E-state index is 12.2. The molecule has 0 saturated carbocycles. The monoisotopic (exact) mass is 373 g/mol. The number of piperidine rings is 1. The number of rotatable bonds is 7. The molecular formula is C19H26F3NO3. The Morgan fingerprint density at radius 1 is 1.38 bits per heavy atom. The number of nitrogens with one attached hydrogen (secondary N) is 1. The molecule has 0 bridgehead atoms. The third-order valence-corrected chi connectivity index (χ3v) is 5.25. The number of hydrogen-bond acceptors (Lipinski definition) is 4. The van der Waals surface area contributed by atoms with Crippen LogP contribution in [0, 0.1) is 11.3 Å². The van der Waals surface area contributed by atoms with Crippen molar-refractivity contribution in [1.82, 2.24) is 5.32 Å². The Morgan fingerprint density at radius 2 is 2.04 bits per heavy atom. The van der Waals surface area contributed by atoms with Gasteiger partial charge in [-0.1, -0.05) is 19.1 Å². The maximum Gasteiger partial charge on any atom is 0.573 e. The molecule has 1 aliphatic heterocycles. The van der Waals surface area contributed by atoms with Crippen LogP contribution in [0.3, 0.4) is 0 Å². The molecule has 7 heteroatoms. The van der Waals surface area contributed by atoms with E-state index in [4.69, 9.17) is 0 Å². The first-order valence-corrected chi connectivity index (χ1v) is 8.87. The van der Waals surface area contributed by atoms with E-state index in [-0.39, 0.29) is 17.5 Å². The first kappa shape index (κ1) is 20.7. The molecule has 3 unspecified atom stereocenters. The zero-order valence-corrected chi connectivity index (χ0v) is 15.1. The lowest BCUT2D eigenvalue weighted by molar-refractivity contribution is -0.274. The molecule has 0 spiro atoms. The molecule has 146 valence electrons. The molecule has 1 fully saturated rings. The molecule has 2 rings (SSSR count). The van der Waals surface area contributed by atoms with E-state index in [9.17, 15) is 23.1 Å². The van der Waals surface area contributed by atoms with Crippen molar-refractivity contribution in [2.45, 2.75) is 52.0 Å². The first-order chi connectivity index (χ1) is 12.1. The summed E-state index contributed by atoms with van der Waals surface area (Å²) in [6.07, 6.45) is -2.68. The number of carbonyl (C=O) groups excluding carboxylic acids is 1. The van der Waals surface area contributed by atoms with Crippen LogP contribution in [0.4, 0.5) is 13.2 Å². The topological polar surface area (TPSA) is 58.6 Å². The van der Waals surface area contributed by atoms with Crippen LogP contribution in [0.2, 0.25) is 0 Å². The lowest BCUT2D eigenvalue weighted by Crippen LogP contribution is -2.52. The lowest BCUT2D eigenvalue weighted by atomic mass is 9.69. The van der Waals surface area contributed by atoms with E-state index >= 15 is 0 Å². The third kappa shape index (κ3) is 5.45. The highest BCUT2D eigenvalue weighted by Crippen LogP contribution is 2.37. The fraction of sp³-hybridized carbons (Fsp3) is 0.632. The fourth-order valence-corrected chi connectivity index (χ4v) is 3.63. The van der Waals surface area contributed by atoms with Crippen molar-refractivity contribution in [2.75, 3.05) is 13.1 Å². The Balaban J connectivity index is 1.91. The van der Waals surface area contributed by atoms with E-state index in [0.717, 1.165) is 12.0 Å². The molecule has 0 radical (unpaired) electrons. The van der Waals surface area contributed by atoms with Gasteiger partial charge in [0, 0.05) is 6.54 Å². The van der Waals surface area contributed by atoms with Crippen molar-refractivity contribution in [3.63, 3.8) is 0 Å². The van der Waals surface area contributed by atoms with Gasteiger partial charge in [-0.05, 0) is 62.8 Å². The number of carbonyl (C=O) groups is 1. The van der Waals surface area contributed by atoms with Crippen LogP contribution in [0.25, 0.3) is 0 Å². The summed E-state index contributed by atoms with van der Waals surface area (Å²) in [5, 5.41) is 13.4. The Labute approximate surface area is 151 Å². The summed E-state index contributed by atoms with van der Waals surface area (Å²) in [7, 11) is 0. The number of hydrogen-bond donors (Lipinski definition) is 2. The van der Waals surface area contributed by atoms with Gasteiger partial charge in [0.1, 0.15) is 11.5 Å². The minimum absolute atomic E-state index is 0.0207. The van der Waals surface area contributed by atoms with Crippen molar-refractivity contribution in [2.24, 2.45) is 11.3 Å². The molecule has 4 nitrogen and oxygen atoms in total. The van der Waals surface area contributed by atoms with Gasteiger partial charge in [0.05, 0.1) is 11.5 Å². The van der Waals surface area contributed by atoms with Gasteiger partial charge < -0.3 is 15.2 Å². The largest absolute Gasteiger partial charge is 0.573 e. The number of ether oxygens (including phenoxy) is 1. The molecule has 1 aromatic carbocycles. The van der Waals surface area contributed by atoms with Gasteiger partial charge in [-0.25, -0.2) is 0 Å². The van der Waals surface area contributed by atoms with Crippen molar-refractivity contribution >= 4 is 5.78 Å². The minimum atomic E-state index is -4.69. The Hall–Kier alpha value is -1.60. The predicted octanol–water partition coefficient (Wildman–Crippen LogP) is 3.47. The quantitative estimate of drug-likeness (QED) is 0.768. The second-order valence-electron chi connectivity index (χ2n) is 7.22. The number of halogens is 3. The average molecular weight is 373 g/mol. The lowest BCUT2D eigenvalue weighted by Gasteiger charge is -2.40. The van der Waals surface area contributed by atoms with Gasteiger partial charge >= 0.3 is 6.36 Å². The van der Waals surface area contributed by atoms with Gasteiger partial charge in [0.2, 0.25) is 0 Å². The predicted molar refractivity (Wildman–Crippen MR) is 91.8 cm³/mol. The zero-order chi connectivity index (χ0) is 19.4. The summed E-state index contributed by atoms with van der Waals surface area (Å²) in [5.41, 5.74) is 0.221. The number of alkyl halides is 3. The van der Waals surface area contributed by atoms with Crippen LogP contribution < -0.4 is 10.1 Å². The number of ketones is 1. The van der Waals surface area contributed by atoms with Gasteiger partial charge in [-0.3, -0.25) is 4.79 Å². The SMILES string of the molecule is CC(=O)C1(CCC(C)Cc2ccc(OC(F)(F)F)cc2)CCNCC1O. The van der Waals surface area contributed by atoms with Crippen molar-refractivity contribution < 1.29 is 27.8 Å². The molecule has 0 aliphatic carbocycles. The average Bonchev–Trinajstić information content (AvgIpc) is 2.54. The smallest absolute Gasteiger partial charge is 0.406 e. The van der Waals surface area contributed by atoms with E-state index < -0.39 is 17.9 Å². The van der Waals surface area contributed by atoms with E-state index in [2.05, 4.69) is 10.1 Å². The molecule has 26 heavy (non-hydrogen) atoms. The molecule has 1 saturated heterocycles. The van der Waals surface area contributed by atoms with Crippen molar-refractivity contribution in [1.29, 1.82) is 0 Å². The van der Waals surface area contributed by atoms with E-state index in [0.29, 0.717) is 32.4 Å². The number of benzene rings is 1. The van der Waals surface area contributed by atoms with Crippen molar-refractivity contribution in [3.05, 3.63) is 29.8 Å². The van der Waals surface area contributed by atoms with Crippen LogP contribution in [0.1, 0.15) is 38.7 Å². The highest BCUT2D eigenvalue weighted by atomic mass is 19.4. The number of aliphatic hydroxyl groups is 1. The molecular weight excluding hydrogens is 347 g/mol. The summed E-state index contributed by atoms with van der Waals surface area (Å²) < 4.78 is 40.4. The van der Waals surface area contributed by atoms with Gasteiger partial charge in [0.15, 0.2) is 0 Å². The molecule has 2 N–H and O–H groups in total. The summed E-state index contributed by atoms with van der Waals surface area (Å²) in [5.74, 6) is 0.0253. The van der Waals surface area contributed by atoms with Crippen LogP contribution >= 0.6 is 0 Å². The number of β-amino-alcohol motifs (C(OH)–C–C–N with tert-alkyl or cyclic N) is 1. The second-order valence-corrected chi connectivity index (χ2v) is 7.22. The summed E-state index contributed by atoms with van der Waals surface area (Å²) in [6, 6.07) is 5.86. The highest BCUT2D eigenvalue weighted by Gasteiger charge is 2.43. The summed E-state index contributed by atoms with van der Waals surface area (Å²) >= 11 is 0. The van der Waals surface area contributed by atoms with Crippen LogP contribution in [0.15, 0.2) is 24.3 Å². The van der Waals surface area contributed by atoms with E-state index in [1.54, 1.807) is 19.1 Å². The molecule has 0 amide bonds. The van der Waals surface area contributed by atoms with E-state index in [1.165, 1.54) is 12.1 Å². The van der Waals surface area contributed by atoms with Gasteiger partial charge in [0.25, 0.3) is 0 Å². The third-order valence-electron chi connectivity index (χ3n) is 5.25. The Kier molecular flexibility index (Phi) is 6.69. The van der Waals surface area contributed by atoms with Gasteiger partial charge in [-0.2, -0.15) is 0 Å². The molecule has 1 heterocycles. The Bertz CT molecular complexity index is 603. The Morgan fingerprint density at radius 3 is 2.58 bits per heavy atom. The van der Waals surface area contributed by atoms with Crippen LogP contribution in [-0.2, 0) is 11.2 Å². The maximum absolute atomic E-state index is 12.2. The normalized spacial score (nSPS) is 24.9. The molecule has 1 aliphatic rings. The standard InChI is InChI=1S/C19H26F3NO3/c1-13(7-8-18(14(2)24)9-10-23-12-17(18)25)11-15-3-5-16(6-4-15)26-19(20,21)22/h3-6,13,17,23,25H,7-12H2,1-2H3.